The zero-order valence-electron chi connectivity index (χ0n) is 11.0. The second-order valence-corrected chi connectivity index (χ2v) is 7.06. The first-order valence-corrected chi connectivity index (χ1v) is 7.88. The molecule has 0 amide bonds. The van der Waals surface area contributed by atoms with Gasteiger partial charge in [0.15, 0.2) is 11.5 Å². The molecule has 0 spiro atoms. The summed E-state index contributed by atoms with van der Waals surface area (Å²) in [5.74, 6) is 0.991. The zero-order chi connectivity index (χ0) is 14.7. The lowest BCUT2D eigenvalue weighted by molar-refractivity contribution is 0.179. The standard InChI is InChI=1S/C14H14BrClO3S/c1-18-11-5-4-9(13(16)14(11)19-2)10(17)7-8-3-6-12(15)20-8/h3-6,10,17H,7H2,1-2H3. The van der Waals surface area contributed by atoms with Crippen molar-refractivity contribution in [3.05, 3.63) is 43.5 Å². The SMILES string of the molecule is COc1ccc(C(O)Cc2ccc(Br)s2)c(Cl)c1OC. The lowest BCUT2D eigenvalue weighted by atomic mass is 10.0. The first-order chi connectivity index (χ1) is 9.56. The third-order valence-electron chi connectivity index (χ3n) is 2.90. The van der Waals surface area contributed by atoms with Crippen LogP contribution in [0.15, 0.2) is 28.1 Å². The monoisotopic (exact) mass is 376 g/mol. The summed E-state index contributed by atoms with van der Waals surface area (Å²) in [7, 11) is 3.07. The van der Waals surface area contributed by atoms with E-state index in [0.717, 1.165) is 8.66 Å². The lowest BCUT2D eigenvalue weighted by Gasteiger charge is -2.16. The molecule has 0 saturated heterocycles. The van der Waals surface area contributed by atoms with Gasteiger partial charge in [-0.3, -0.25) is 0 Å². The van der Waals surface area contributed by atoms with Gasteiger partial charge in [0.25, 0.3) is 0 Å². The second-order valence-electron chi connectivity index (χ2n) is 4.13. The highest BCUT2D eigenvalue weighted by Gasteiger charge is 2.19. The van der Waals surface area contributed by atoms with Gasteiger partial charge in [0.05, 0.1) is 29.1 Å². The number of rotatable bonds is 5. The Morgan fingerprint density at radius 2 is 2.00 bits per heavy atom. The Kier molecular flexibility index (Phi) is 5.32. The highest BCUT2D eigenvalue weighted by Crippen LogP contribution is 2.40. The summed E-state index contributed by atoms with van der Waals surface area (Å²) >= 11 is 11.3. The molecule has 1 aromatic carbocycles. The molecule has 2 rings (SSSR count). The topological polar surface area (TPSA) is 38.7 Å². The first-order valence-electron chi connectivity index (χ1n) is 5.89. The summed E-state index contributed by atoms with van der Waals surface area (Å²) in [5, 5.41) is 10.7. The molecule has 1 N–H and O–H groups in total. The van der Waals surface area contributed by atoms with Gasteiger partial charge in [0.1, 0.15) is 0 Å². The average Bonchev–Trinajstić information content (AvgIpc) is 2.83. The summed E-state index contributed by atoms with van der Waals surface area (Å²) in [5.41, 5.74) is 0.633. The maximum absolute atomic E-state index is 10.4. The molecule has 0 radical (unpaired) electrons. The van der Waals surface area contributed by atoms with Crippen molar-refractivity contribution in [2.45, 2.75) is 12.5 Å². The Hall–Kier alpha value is -0.750. The van der Waals surface area contributed by atoms with Crippen molar-refractivity contribution in [2.24, 2.45) is 0 Å². The molecule has 0 aliphatic carbocycles. The maximum atomic E-state index is 10.4. The van der Waals surface area contributed by atoms with Crippen LogP contribution < -0.4 is 9.47 Å². The minimum absolute atomic E-state index is 0.384. The minimum Gasteiger partial charge on any atom is -0.493 e. The smallest absolute Gasteiger partial charge is 0.179 e. The number of hydrogen-bond acceptors (Lipinski definition) is 4. The van der Waals surface area contributed by atoms with Crippen LogP contribution in [-0.4, -0.2) is 19.3 Å². The van der Waals surface area contributed by atoms with Gasteiger partial charge in [-0.05, 0) is 34.1 Å². The van der Waals surface area contributed by atoms with E-state index in [9.17, 15) is 5.11 Å². The highest BCUT2D eigenvalue weighted by atomic mass is 79.9. The van der Waals surface area contributed by atoms with Crippen LogP contribution in [0, 0.1) is 0 Å². The summed E-state index contributed by atoms with van der Waals surface area (Å²) in [4.78, 5) is 1.08. The number of halogens is 2. The Bertz CT molecular complexity index is 600. The molecule has 108 valence electrons. The van der Waals surface area contributed by atoms with Gasteiger partial charge in [0.2, 0.25) is 0 Å². The fourth-order valence-electron chi connectivity index (χ4n) is 1.92. The van der Waals surface area contributed by atoms with Gasteiger partial charge >= 0.3 is 0 Å². The molecule has 0 aliphatic heterocycles. The Morgan fingerprint density at radius 3 is 2.55 bits per heavy atom. The Labute approximate surface area is 135 Å². The van der Waals surface area contributed by atoms with Crippen LogP contribution in [0.5, 0.6) is 11.5 Å². The molecule has 20 heavy (non-hydrogen) atoms. The molecule has 0 bridgehead atoms. The van der Waals surface area contributed by atoms with Crippen molar-refractivity contribution >= 4 is 38.9 Å². The minimum atomic E-state index is -0.687. The fourth-order valence-corrected chi connectivity index (χ4v) is 3.80. The first kappa shape index (κ1) is 15.6. The molecule has 1 aromatic heterocycles. The third kappa shape index (κ3) is 3.28. The van der Waals surface area contributed by atoms with Crippen LogP contribution in [0.4, 0.5) is 0 Å². The predicted octanol–water partition coefficient (Wildman–Crippen LogP) is 4.46. The second kappa shape index (κ2) is 6.80. The summed E-state index contributed by atoms with van der Waals surface area (Å²) in [6.07, 6.45) is -0.182. The zero-order valence-corrected chi connectivity index (χ0v) is 14.2. The number of ether oxygens (including phenoxy) is 2. The number of methoxy groups -OCH3 is 2. The van der Waals surface area contributed by atoms with E-state index < -0.39 is 6.10 Å². The molecule has 6 heteroatoms. The number of aliphatic hydroxyl groups is 1. The third-order valence-corrected chi connectivity index (χ3v) is 4.93. The van der Waals surface area contributed by atoms with Crippen molar-refractivity contribution < 1.29 is 14.6 Å². The van der Waals surface area contributed by atoms with Crippen LogP contribution in [0.2, 0.25) is 5.02 Å². The number of aliphatic hydroxyl groups excluding tert-OH is 1. The Morgan fingerprint density at radius 1 is 1.25 bits per heavy atom. The van der Waals surface area contributed by atoms with E-state index >= 15 is 0 Å². The largest absolute Gasteiger partial charge is 0.493 e. The Balaban J connectivity index is 2.28. The van der Waals surface area contributed by atoms with Gasteiger partial charge in [-0.25, -0.2) is 0 Å². The van der Waals surface area contributed by atoms with E-state index in [-0.39, 0.29) is 0 Å². The van der Waals surface area contributed by atoms with Crippen LogP contribution in [0.3, 0.4) is 0 Å². The molecule has 3 nitrogen and oxygen atoms in total. The molecule has 0 fully saturated rings. The normalized spacial score (nSPS) is 12.2. The van der Waals surface area contributed by atoms with Crippen LogP contribution in [-0.2, 0) is 6.42 Å². The molecule has 1 atom stereocenters. The maximum Gasteiger partial charge on any atom is 0.179 e. The molecule has 1 heterocycles. The molecular weight excluding hydrogens is 364 g/mol. The fraction of sp³-hybridized carbons (Fsp3) is 0.286. The number of hydrogen-bond donors (Lipinski definition) is 1. The van der Waals surface area contributed by atoms with Crippen LogP contribution in [0.25, 0.3) is 0 Å². The van der Waals surface area contributed by atoms with Crippen LogP contribution in [0.1, 0.15) is 16.5 Å². The van der Waals surface area contributed by atoms with Crippen molar-refractivity contribution in [1.82, 2.24) is 0 Å². The van der Waals surface area contributed by atoms with E-state index in [1.54, 1.807) is 30.6 Å². The average molecular weight is 378 g/mol. The summed E-state index contributed by atoms with van der Waals surface area (Å²) in [6.45, 7) is 0. The van der Waals surface area contributed by atoms with Crippen molar-refractivity contribution in [3.63, 3.8) is 0 Å². The molecule has 0 saturated carbocycles. The van der Waals surface area contributed by atoms with Gasteiger partial charge < -0.3 is 14.6 Å². The van der Waals surface area contributed by atoms with Crippen molar-refractivity contribution in [1.29, 1.82) is 0 Å². The van der Waals surface area contributed by atoms with Gasteiger partial charge in [-0.2, -0.15) is 0 Å². The van der Waals surface area contributed by atoms with Gasteiger partial charge in [-0.15, -0.1) is 11.3 Å². The highest BCUT2D eigenvalue weighted by molar-refractivity contribution is 9.11. The van der Waals surface area contributed by atoms with E-state index in [2.05, 4.69) is 15.9 Å². The quantitative estimate of drug-likeness (QED) is 0.836. The predicted molar refractivity (Wildman–Crippen MR) is 85.2 cm³/mol. The molecule has 2 aromatic rings. The molecule has 0 aliphatic rings. The van der Waals surface area contributed by atoms with E-state index in [4.69, 9.17) is 21.1 Å². The molecular formula is C14H14BrClO3S. The summed E-state index contributed by atoms with van der Waals surface area (Å²) < 4.78 is 11.5. The summed E-state index contributed by atoms with van der Waals surface area (Å²) in [6, 6.07) is 7.44. The van der Waals surface area contributed by atoms with Gasteiger partial charge in [0, 0.05) is 16.9 Å². The molecule has 1 unspecified atom stereocenters. The van der Waals surface area contributed by atoms with Crippen molar-refractivity contribution in [3.8, 4) is 11.5 Å². The van der Waals surface area contributed by atoms with Crippen LogP contribution >= 0.6 is 38.9 Å². The van der Waals surface area contributed by atoms with E-state index in [1.807, 2.05) is 12.1 Å². The number of benzene rings is 1. The van der Waals surface area contributed by atoms with Gasteiger partial charge in [-0.1, -0.05) is 17.7 Å². The van der Waals surface area contributed by atoms with Crippen molar-refractivity contribution in [2.75, 3.05) is 14.2 Å². The van der Waals surface area contributed by atoms with E-state index in [1.165, 1.54) is 7.11 Å². The van der Waals surface area contributed by atoms with E-state index in [0.29, 0.717) is 28.5 Å². The lowest BCUT2D eigenvalue weighted by Crippen LogP contribution is -2.03. The number of thiophene rings is 1.